The first-order chi connectivity index (χ1) is 10.0. The number of halogens is 2. The van der Waals surface area contributed by atoms with Crippen molar-refractivity contribution in [3.8, 4) is 5.75 Å². The van der Waals surface area contributed by atoms with Gasteiger partial charge in [-0.05, 0) is 46.3 Å². The molecule has 0 unspecified atom stereocenters. The number of amides is 1. The van der Waals surface area contributed by atoms with Crippen LogP contribution in [0.3, 0.4) is 0 Å². The Hall–Kier alpha value is -1.40. The summed E-state index contributed by atoms with van der Waals surface area (Å²) in [5.41, 5.74) is 1.34. The van der Waals surface area contributed by atoms with Crippen LogP contribution in [0.2, 0.25) is 0 Å². The van der Waals surface area contributed by atoms with Crippen molar-refractivity contribution in [1.82, 2.24) is 9.88 Å². The molecule has 1 aromatic carbocycles. The Balaban J connectivity index is 2.17. The van der Waals surface area contributed by atoms with Crippen molar-refractivity contribution in [1.29, 1.82) is 0 Å². The molecule has 0 aliphatic heterocycles. The summed E-state index contributed by atoms with van der Waals surface area (Å²) in [6.07, 6.45) is 1.61. The molecule has 0 saturated heterocycles. The Morgan fingerprint density at radius 3 is 2.57 bits per heavy atom. The standard InChI is InChI=1S/C15H14Br2N2O2/c1-19(15(20)13-5-3-12(17)8-18-13)9-10-7-11(16)4-6-14(10)21-2/h3-8H,9H2,1-2H3. The van der Waals surface area contributed by atoms with E-state index in [-0.39, 0.29) is 5.91 Å². The normalized spacial score (nSPS) is 10.3. The van der Waals surface area contributed by atoms with E-state index in [1.165, 1.54) is 0 Å². The molecule has 0 N–H and O–H groups in total. The summed E-state index contributed by atoms with van der Waals surface area (Å²) in [6, 6.07) is 9.21. The maximum Gasteiger partial charge on any atom is 0.272 e. The van der Waals surface area contributed by atoms with Gasteiger partial charge in [-0.3, -0.25) is 4.79 Å². The molecule has 4 nitrogen and oxygen atoms in total. The molecule has 0 radical (unpaired) electrons. The Morgan fingerprint density at radius 1 is 1.24 bits per heavy atom. The highest BCUT2D eigenvalue weighted by molar-refractivity contribution is 9.10. The van der Waals surface area contributed by atoms with E-state index >= 15 is 0 Å². The van der Waals surface area contributed by atoms with Crippen molar-refractivity contribution >= 4 is 37.8 Å². The van der Waals surface area contributed by atoms with E-state index in [1.54, 1.807) is 37.4 Å². The first-order valence-electron chi connectivity index (χ1n) is 6.20. The van der Waals surface area contributed by atoms with Gasteiger partial charge in [0.15, 0.2) is 0 Å². The second-order valence-electron chi connectivity index (χ2n) is 4.48. The topological polar surface area (TPSA) is 42.4 Å². The Bertz CT molecular complexity index is 645. The number of carbonyl (C=O) groups is 1. The lowest BCUT2D eigenvalue weighted by Crippen LogP contribution is -2.27. The van der Waals surface area contributed by atoms with Gasteiger partial charge in [0.2, 0.25) is 0 Å². The SMILES string of the molecule is COc1ccc(Br)cc1CN(C)C(=O)c1ccc(Br)cn1. The predicted molar refractivity (Wildman–Crippen MR) is 88.4 cm³/mol. The number of rotatable bonds is 4. The van der Waals surface area contributed by atoms with Gasteiger partial charge in [-0.25, -0.2) is 4.98 Å². The third-order valence-corrected chi connectivity index (χ3v) is 3.91. The Labute approximate surface area is 140 Å². The van der Waals surface area contributed by atoms with Crippen LogP contribution in [0.5, 0.6) is 5.75 Å². The van der Waals surface area contributed by atoms with Crippen LogP contribution in [0, 0.1) is 0 Å². The number of pyridine rings is 1. The van der Waals surface area contributed by atoms with Gasteiger partial charge < -0.3 is 9.64 Å². The third-order valence-electron chi connectivity index (χ3n) is 2.94. The number of carbonyl (C=O) groups excluding carboxylic acids is 1. The quantitative estimate of drug-likeness (QED) is 0.763. The molecule has 1 heterocycles. The van der Waals surface area contributed by atoms with Crippen molar-refractivity contribution in [3.05, 3.63) is 56.7 Å². The molecule has 2 aromatic rings. The molecule has 0 aliphatic carbocycles. The summed E-state index contributed by atoms with van der Waals surface area (Å²) < 4.78 is 7.11. The maximum absolute atomic E-state index is 12.3. The summed E-state index contributed by atoms with van der Waals surface area (Å²) >= 11 is 6.73. The van der Waals surface area contributed by atoms with E-state index < -0.39 is 0 Å². The van der Waals surface area contributed by atoms with Crippen LogP contribution in [0.1, 0.15) is 16.1 Å². The number of hydrogen-bond donors (Lipinski definition) is 0. The average Bonchev–Trinajstić information content (AvgIpc) is 2.47. The number of nitrogens with zero attached hydrogens (tertiary/aromatic N) is 2. The van der Waals surface area contributed by atoms with Crippen LogP contribution in [0.4, 0.5) is 0 Å². The zero-order valence-corrected chi connectivity index (χ0v) is 14.8. The second-order valence-corrected chi connectivity index (χ2v) is 6.31. The molecule has 0 bridgehead atoms. The van der Waals surface area contributed by atoms with E-state index in [2.05, 4.69) is 36.8 Å². The molecule has 2 rings (SSSR count). The molecule has 0 saturated carbocycles. The van der Waals surface area contributed by atoms with Crippen LogP contribution >= 0.6 is 31.9 Å². The van der Waals surface area contributed by atoms with Crippen LogP contribution in [0.25, 0.3) is 0 Å². The van der Waals surface area contributed by atoms with Gasteiger partial charge in [0.25, 0.3) is 5.91 Å². The average molecular weight is 414 g/mol. The monoisotopic (exact) mass is 412 g/mol. The van der Waals surface area contributed by atoms with Crippen LogP contribution in [-0.2, 0) is 6.54 Å². The minimum absolute atomic E-state index is 0.135. The van der Waals surface area contributed by atoms with Crippen LogP contribution in [0.15, 0.2) is 45.5 Å². The molecule has 0 aliphatic rings. The van der Waals surface area contributed by atoms with E-state index in [4.69, 9.17) is 4.74 Å². The highest BCUT2D eigenvalue weighted by Crippen LogP contribution is 2.24. The van der Waals surface area contributed by atoms with Crippen molar-refractivity contribution in [3.63, 3.8) is 0 Å². The number of aromatic nitrogens is 1. The minimum atomic E-state index is -0.135. The zero-order valence-electron chi connectivity index (χ0n) is 11.6. The second kappa shape index (κ2) is 7.04. The smallest absolute Gasteiger partial charge is 0.272 e. The van der Waals surface area contributed by atoms with Gasteiger partial charge >= 0.3 is 0 Å². The first-order valence-corrected chi connectivity index (χ1v) is 7.79. The summed E-state index contributed by atoms with van der Waals surface area (Å²) in [4.78, 5) is 18.1. The fraction of sp³-hybridized carbons (Fsp3) is 0.200. The van der Waals surface area contributed by atoms with Crippen molar-refractivity contribution in [2.24, 2.45) is 0 Å². The van der Waals surface area contributed by atoms with Gasteiger partial charge in [0, 0.05) is 34.3 Å². The Morgan fingerprint density at radius 2 is 1.95 bits per heavy atom. The fourth-order valence-corrected chi connectivity index (χ4v) is 2.54. The molecule has 6 heteroatoms. The number of ether oxygens (including phenoxy) is 1. The molecule has 1 aromatic heterocycles. The van der Waals surface area contributed by atoms with Crippen LogP contribution in [-0.4, -0.2) is 29.9 Å². The van der Waals surface area contributed by atoms with Gasteiger partial charge in [0.05, 0.1) is 7.11 Å². The fourth-order valence-electron chi connectivity index (χ4n) is 1.90. The van der Waals surface area contributed by atoms with Gasteiger partial charge in [0.1, 0.15) is 11.4 Å². The van der Waals surface area contributed by atoms with E-state index in [0.29, 0.717) is 12.2 Å². The summed E-state index contributed by atoms with van der Waals surface area (Å²) in [7, 11) is 3.36. The molecule has 0 fully saturated rings. The lowest BCUT2D eigenvalue weighted by Gasteiger charge is -2.18. The number of methoxy groups -OCH3 is 1. The minimum Gasteiger partial charge on any atom is -0.496 e. The zero-order chi connectivity index (χ0) is 15.4. The van der Waals surface area contributed by atoms with Gasteiger partial charge in [-0.2, -0.15) is 0 Å². The lowest BCUT2D eigenvalue weighted by atomic mass is 10.2. The molecular weight excluding hydrogens is 400 g/mol. The van der Waals surface area contributed by atoms with E-state index in [1.807, 2.05) is 18.2 Å². The highest BCUT2D eigenvalue weighted by Gasteiger charge is 2.15. The van der Waals surface area contributed by atoms with Crippen molar-refractivity contribution in [2.45, 2.75) is 6.54 Å². The van der Waals surface area contributed by atoms with Crippen LogP contribution < -0.4 is 4.74 Å². The number of benzene rings is 1. The van der Waals surface area contributed by atoms with Crippen molar-refractivity contribution < 1.29 is 9.53 Å². The molecule has 21 heavy (non-hydrogen) atoms. The van der Waals surface area contributed by atoms with E-state index in [0.717, 1.165) is 20.3 Å². The molecule has 0 atom stereocenters. The lowest BCUT2D eigenvalue weighted by molar-refractivity contribution is 0.0778. The Kier molecular flexibility index (Phi) is 5.36. The predicted octanol–water partition coefficient (Wildman–Crippen LogP) is 3.89. The highest BCUT2D eigenvalue weighted by atomic mass is 79.9. The number of hydrogen-bond acceptors (Lipinski definition) is 3. The largest absolute Gasteiger partial charge is 0.496 e. The van der Waals surface area contributed by atoms with E-state index in [9.17, 15) is 4.79 Å². The third kappa shape index (κ3) is 4.04. The molecule has 0 spiro atoms. The molecule has 1 amide bonds. The molecule has 110 valence electrons. The summed E-state index contributed by atoms with van der Waals surface area (Å²) in [5.74, 6) is 0.617. The van der Waals surface area contributed by atoms with Crippen molar-refractivity contribution in [2.75, 3.05) is 14.2 Å². The summed E-state index contributed by atoms with van der Waals surface area (Å²) in [5, 5.41) is 0. The van der Waals surface area contributed by atoms with Gasteiger partial charge in [-0.1, -0.05) is 15.9 Å². The molecular formula is C15H14Br2N2O2. The maximum atomic E-state index is 12.3. The first kappa shape index (κ1) is 16.0. The summed E-state index contributed by atoms with van der Waals surface area (Å²) in [6.45, 7) is 0.444. The van der Waals surface area contributed by atoms with Gasteiger partial charge in [-0.15, -0.1) is 0 Å².